The van der Waals surface area contributed by atoms with Crippen molar-refractivity contribution in [1.82, 2.24) is 5.32 Å². The predicted molar refractivity (Wildman–Crippen MR) is 54.4 cm³/mol. The molecule has 0 atom stereocenters. The average Bonchev–Trinajstić information content (AvgIpc) is 2.47. The predicted octanol–water partition coefficient (Wildman–Crippen LogP) is 2.91. The van der Waals surface area contributed by atoms with E-state index in [1.165, 1.54) is 25.7 Å². The number of nitrogens with one attached hydrogen (secondary N) is 1. The van der Waals surface area contributed by atoms with E-state index in [-0.39, 0.29) is 0 Å². The molecule has 0 aromatic rings. The summed E-state index contributed by atoms with van der Waals surface area (Å²) < 4.78 is 0. The molecule has 2 heteroatoms. The Labute approximate surface area is 80.2 Å². The number of hydrogen-bond acceptors (Lipinski definition) is 1. The van der Waals surface area contributed by atoms with E-state index in [0.717, 1.165) is 13.1 Å². The molecule has 0 aromatic carbocycles. The smallest absolute Gasteiger partial charge is 0.0146 e. The van der Waals surface area contributed by atoms with Gasteiger partial charge in [0.1, 0.15) is 0 Å². The van der Waals surface area contributed by atoms with Gasteiger partial charge in [-0.1, -0.05) is 37.4 Å². The molecule has 12 heavy (non-hydrogen) atoms. The molecule has 0 aromatic heterocycles. The molecule has 0 amide bonds. The van der Waals surface area contributed by atoms with Crippen molar-refractivity contribution in [2.45, 2.75) is 32.6 Å². The van der Waals surface area contributed by atoms with Crippen molar-refractivity contribution in [3.63, 3.8) is 0 Å². The molecule has 0 radical (unpaired) electrons. The maximum Gasteiger partial charge on any atom is 0.0146 e. The van der Waals surface area contributed by atoms with Crippen LogP contribution in [0, 0.1) is 5.41 Å². The highest BCUT2D eigenvalue weighted by Gasteiger charge is 2.27. The molecule has 1 nitrogen and oxygen atoms in total. The zero-order valence-corrected chi connectivity index (χ0v) is 8.53. The Morgan fingerprint density at radius 2 is 2.08 bits per heavy atom. The maximum absolute atomic E-state index is 5.41. The summed E-state index contributed by atoms with van der Waals surface area (Å²) in [5, 5.41) is 3.40. The summed E-state index contributed by atoms with van der Waals surface area (Å²) in [6.45, 7) is 4.41. The van der Waals surface area contributed by atoms with Gasteiger partial charge < -0.3 is 5.32 Å². The van der Waals surface area contributed by atoms with Crippen LogP contribution < -0.4 is 5.32 Å². The van der Waals surface area contributed by atoms with Gasteiger partial charge in [0.2, 0.25) is 0 Å². The van der Waals surface area contributed by atoms with Crippen LogP contribution in [0.2, 0.25) is 0 Å². The van der Waals surface area contributed by atoms with Crippen LogP contribution in [-0.2, 0) is 0 Å². The van der Waals surface area contributed by atoms with Crippen molar-refractivity contribution in [3.05, 3.63) is 11.6 Å². The van der Waals surface area contributed by atoms with Crippen molar-refractivity contribution in [1.29, 1.82) is 0 Å². The first-order valence-electron chi connectivity index (χ1n) is 4.73. The molecular weight excluding hydrogens is 170 g/mol. The Balaban J connectivity index is 2.12. The van der Waals surface area contributed by atoms with E-state index in [1.807, 2.05) is 6.08 Å². The summed E-state index contributed by atoms with van der Waals surface area (Å²) >= 11 is 5.41. The third kappa shape index (κ3) is 3.16. The zero-order valence-electron chi connectivity index (χ0n) is 7.78. The summed E-state index contributed by atoms with van der Waals surface area (Å²) in [5.41, 5.74) is 2.13. The van der Waals surface area contributed by atoms with E-state index in [0.29, 0.717) is 5.41 Å². The maximum atomic E-state index is 5.41. The standard InChI is InChI=1S/C10H18ClN/c1-10(5-2-3-6-10)9-12-8-4-7-11/h4,7,12H,2-3,5-6,8-9H2,1H3/b7-4+. The largest absolute Gasteiger partial charge is 0.313 e. The van der Waals surface area contributed by atoms with Crippen LogP contribution in [0.1, 0.15) is 32.6 Å². The van der Waals surface area contributed by atoms with Crippen LogP contribution in [0.5, 0.6) is 0 Å². The van der Waals surface area contributed by atoms with E-state index in [9.17, 15) is 0 Å². The van der Waals surface area contributed by atoms with Crippen LogP contribution in [0.3, 0.4) is 0 Å². The lowest BCUT2D eigenvalue weighted by atomic mass is 9.89. The van der Waals surface area contributed by atoms with E-state index >= 15 is 0 Å². The zero-order chi connectivity index (χ0) is 8.86. The van der Waals surface area contributed by atoms with E-state index in [2.05, 4.69) is 12.2 Å². The second kappa shape index (κ2) is 4.88. The molecule has 0 heterocycles. The summed E-state index contributed by atoms with van der Waals surface area (Å²) in [7, 11) is 0. The van der Waals surface area contributed by atoms with E-state index in [1.54, 1.807) is 5.54 Å². The minimum absolute atomic E-state index is 0.556. The fraction of sp³-hybridized carbons (Fsp3) is 0.800. The highest BCUT2D eigenvalue weighted by molar-refractivity contribution is 6.25. The van der Waals surface area contributed by atoms with Crippen molar-refractivity contribution < 1.29 is 0 Å². The lowest BCUT2D eigenvalue weighted by molar-refractivity contribution is 0.321. The Bertz CT molecular complexity index is 148. The molecule has 0 spiro atoms. The molecule has 1 N–H and O–H groups in total. The quantitative estimate of drug-likeness (QED) is 0.668. The van der Waals surface area contributed by atoms with E-state index in [4.69, 9.17) is 11.6 Å². The minimum Gasteiger partial charge on any atom is -0.313 e. The molecule has 0 bridgehead atoms. The second-order valence-corrected chi connectivity index (χ2v) is 4.26. The molecule has 1 fully saturated rings. The summed E-state index contributed by atoms with van der Waals surface area (Å²) in [5.74, 6) is 0. The normalized spacial score (nSPS) is 22.2. The first kappa shape index (κ1) is 10.1. The molecular formula is C10H18ClN. The van der Waals surface area contributed by atoms with Crippen LogP contribution >= 0.6 is 11.6 Å². The molecule has 0 unspecified atom stereocenters. The molecule has 1 aliphatic carbocycles. The van der Waals surface area contributed by atoms with Crippen LogP contribution in [-0.4, -0.2) is 13.1 Å². The third-order valence-electron chi connectivity index (χ3n) is 2.71. The van der Waals surface area contributed by atoms with Crippen LogP contribution in [0.25, 0.3) is 0 Å². The van der Waals surface area contributed by atoms with Gasteiger partial charge in [-0.2, -0.15) is 0 Å². The van der Waals surface area contributed by atoms with Gasteiger partial charge >= 0.3 is 0 Å². The van der Waals surface area contributed by atoms with Gasteiger partial charge in [0.15, 0.2) is 0 Å². The Morgan fingerprint density at radius 3 is 2.67 bits per heavy atom. The van der Waals surface area contributed by atoms with Gasteiger partial charge in [-0.05, 0) is 18.3 Å². The topological polar surface area (TPSA) is 12.0 Å². The molecule has 1 saturated carbocycles. The Kier molecular flexibility index (Phi) is 4.10. The summed E-state index contributed by atoms with van der Waals surface area (Å²) in [4.78, 5) is 0. The van der Waals surface area contributed by atoms with Crippen LogP contribution in [0.4, 0.5) is 0 Å². The first-order chi connectivity index (χ1) is 5.77. The summed E-state index contributed by atoms with van der Waals surface area (Å²) in [6, 6.07) is 0. The van der Waals surface area contributed by atoms with Crippen LogP contribution in [0.15, 0.2) is 11.6 Å². The van der Waals surface area contributed by atoms with Crippen molar-refractivity contribution in [2.24, 2.45) is 5.41 Å². The fourth-order valence-electron chi connectivity index (χ4n) is 1.91. The summed E-state index contributed by atoms with van der Waals surface area (Å²) in [6.07, 6.45) is 7.52. The Hall–Kier alpha value is -0.0100. The SMILES string of the molecule is CC1(CNC/C=C/Cl)CCCC1. The molecule has 1 aliphatic rings. The minimum atomic E-state index is 0.556. The monoisotopic (exact) mass is 187 g/mol. The lowest BCUT2D eigenvalue weighted by Gasteiger charge is -2.23. The van der Waals surface area contributed by atoms with Crippen molar-refractivity contribution in [3.8, 4) is 0 Å². The molecule has 70 valence electrons. The third-order valence-corrected chi connectivity index (χ3v) is 2.89. The van der Waals surface area contributed by atoms with Gasteiger partial charge in [0, 0.05) is 18.6 Å². The molecule has 0 saturated heterocycles. The van der Waals surface area contributed by atoms with Gasteiger partial charge in [0.05, 0.1) is 0 Å². The first-order valence-corrected chi connectivity index (χ1v) is 5.16. The van der Waals surface area contributed by atoms with Gasteiger partial charge in [-0.15, -0.1) is 0 Å². The fourth-order valence-corrected chi connectivity index (χ4v) is 2.00. The highest BCUT2D eigenvalue weighted by Crippen LogP contribution is 2.36. The second-order valence-electron chi connectivity index (χ2n) is 4.01. The highest BCUT2D eigenvalue weighted by atomic mass is 35.5. The average molecular weight is 188 g/mol. The number of rotatable bonds is 4. The van der Waals surface area contributed by atoms with E-state index < -0.39 is 0 Å². The number of halogens is 1. The van der Waals surface area contributed by atoms with Gasteiger partial charge in [-0.3, -0.25) is 0 Å². The Morgan fingerprint density at radius 1 is 1.42 bits per heavy atom. The molecule has 0 aliphatic heterocycles. The lowest BCUT2D eigenvalue weighted by Crippen LogP contribution is -2.29. The van der Waals surface area contributed by atoms with Gasteiger partial charge in [0.25, 0.3) is 0 Å². The van der Waals surface area contributed by atoms with Crippen molar-refractivity contribution >= 4 is 11.6 Å². The van der Waals surface area contributed by atoms with Gasteiger partial charge in [-0.25, -0.2) is 0 Å². The molecule has 1 rings (SSSR count). The van der Waals surface area contributed by atoms with Crippen molar-refractivity contribution in [2.75, 3.05) is 13.1 Å². The number of hydrogen-bond donors (Lipinski definition) is 1.